The first-order valence-corrected chi connectivity index (χ1v) is 6.78. The van der Waals surface area contributed by atoms with Gasteiger partial charge in [0, 0.05) is 25.6 Å². The number of aryl methyl sites for hydroxylation is 1. The number of likely N-dealkylation sites (N-methyl/N-ethyl adjacent to an activating group) is 1. The molecule has 104 valence electrons. The Morgan fingerprint density at radius 3 is 2.53 bits per heavy atom. The van der Waals surface area contributed by atoms with Gasteiger partial charge >= 0.3 is 0 Å². The minimum absolute atomic E-state index is 0.244. The molecule has 0 aliphatic rings. The van der Waals surface area contributed by atoms with E-state index in [1.807, 2.05) is 0 Å². The van der Waals surface area contributed by atoms with Gasteiger partial charge in [0.15, 0.2) is 0 Å². The molecule has 1 heterocycles. The molecule has 0 saturated carbocycles. The normalized spacial score (nSPS) is 13.7. The van der Waals surface area contributed by atoms with Crippen LogP contribution in [0, 0.1) is 0 Å². The van der Waals surface area contributed by atoms with Crippen LogP contribution < -0.4 is 5.73 Å². The van der Waals surface area contributed by atoms with Gasteiger partial charge < -0.3 is 15.2 Å². The summed E-state index contributed by atoms with van der Waals surface area (Å²) in [5.74, 6) is 1.56. The van der Waals surface area contributed by atoms with Gasteiger partial charge in [0.1, 0.15) is 5.82 Å². The third-order valence-corrected chi connectivity index (χ3v) is 3.69. The zero-order valence-corrected chi connectivity index (χ0v) is 12.5. The molecular formula is C15H24N4. The molecule has 1 aromatic carbocycles. The van der Waals surface area contributed by atoms with Crippen molar-refractivity contribution in [2.75, 3.05) is 20.6 Å². The number of fused-ring (bicyclic) bond motifs is 1. The fourth-order valence-corrected chi connectivity index (χ4v) is 2.60. The van der Waals surface area contributed by atoms with Gasteiger partial charge in [-0.15, -0.1) is 0 Å². The second-order valence-electron chi connectivity index (χ2n) is 5.65. The lowest BCUT2D eigenvalue weighted by Gasteiger charge is -2.22. The summed E-state index contributed by atoms with van der Waals surface area (Å²) in [6, 6.07) is 6.72. The lowest BCUT2D eigenvalue weighted by atomic mass is 10.1. The third-order valence-electron chi connectivity index (χ3n) is 3.69. The molecule has 0 aliphatic carbocycles. The van der Waals surface area contributed by atoms with E-state index >= 15 is 0 Å². The van der Waals surface area contributed by atoms with E-state index < -0.39 is 0 Å². The molecule has 1 unspecified atom stereocenters. The zero-order valence-electron chi connectivity index (χ0n) is 12.5. The molecule has 0 radical (unpaired) electrons. The van der Waals surface area contributed by atoms with Crippen LogP contribution >= 0.6 is 0 Å². The Morgan fingerprint density at radius 2 is 2.00 bits per heavy atom. The largest absolute Gasteiger partial charge is 0.331 e. The van der Waals surface area contributed by atoms with E-state index in [-0.39, 0.29) is 6.04 Å². The average molecular weight is 260 g/mol. The third kappa shape index (κ3) is 2.51. The van der Waals surface area contributed by atoms with Crippen molar-refractivity contribution in [3.63, 3.8) is 0 Å². The summed E-state index contributed by atoms with van der Waals surface area (Å²) in [5.41, 5.74) is 9.34. The van der Waals surface area contributed by atoms with Crippen molar-refractivity contribution >= 4 is 11.0 Å². The molecule has 0 amide bonds. The molecule has 1 atom stereocenters. The highest BCUT2D eigenvalue weighted by molar-refractivity contribution is 5.77. The van der Waals surface area contributed by atoms with Gasteiger partial charge in [-0.2, -0.15) is 0 Å². The van der Waals surface area contributed by atoms with Crippen LogP contribution in [0.1, 0.15) is 37.2 Å². The molecule has 4 heteroatoms. The Morgan fingerprint density at radius 1 is 1.32 bits per heavy atom. The number of benzene rings is 1. The standard InChI is InChI=1S/C15H24N4/c1-10(2)15-17-12-8-11(14(9-16)18(3)4)6-7-13(12)19(15)5/h6-8,10,14H,9,16H2,1-5H3. The van der Waals surface area contributed by atoms with Crippen molar-refractivity contribution in [3.8, 4) is 0 Å². The lowest BCUT2D eigenvalue weighted by molar-refractivity contribution is 0.306. The second-order valence-corrected chi connectivity index (χ2v) is 5.65. The van der Waals surface area contributed by atoms with E-state index in [1.165, 1.54) is 11.1 Å². The molecule has 0 bridgehead atoms. The van der Waals surface area contributed by atoms with Gasteiger partial charge in [0.2, 0.25) is 0 Å². The van der Waals surface area contributed by atoms with E-state index in [2.05, 4.69) is 62.7 Å². The Hall–Kier alpha value is -1.39. The summed E-state index contributed by atoms with van der Waals surface area (Å²) in [5, 5.41) is 0. The summed E-state index contributed by atoms with van der Waals surface area (Å²) in [6.45, 7) is 4.96. The molecule has 0 saturated heterocycles. The second kappa shape index (κ2) is 5.31. The summed E-state index contributed by atoms with van der Waals surface area (Å²) in [7, 11) is 6.19. The van der Waals surface area contributed by atoms with Crippen LogP contribution in [0.3, 0.4) is 0 Å². The van der Waals surface area contributed by atoms with Gasteiger partial charge in [-0.25, -0.2) is 4.98 Å². The quantitative estimate of drug-likeness (QED) is 0.917. The van der Waals surface area contributed by atoms with Crippen molar-refractivity contribution in [1.29, 1.82) is 0 Å². The van der Waals surface area contributed by atoms with Crippen LogP contribution in [-0.4, -0.2) is 35.1 Å². The molecular weight excluding hydrogens is 236 g/mol. The number of imidazole rings is 1. The SMILES string of the molecule is CC(C)c1nc2cc(C(CN)N(C)C)ccc2n1C. The Balaban J connectivity index is 2.52. The van der Waals surface area contributed by atoms with Crippen molar-refractivity contribution in [2.24, 2.45) is 12.8 Å². The van der Waals surface area contributed by atoms with Crippen LogP contribution in [0.15, 0.2) is 18.2 Å². The molecule has 0 fully saturated rings. The Kier molecular flexibility index (Phi) is 3.92. The number of hydrogen-bond acceptors (Lipinski definition) is 3. The Labute approximate surface area is 115 Å². The first-order chi connectivity index (χ1) is 8.95. The van der Waals surface area contributed by atoms with Crippen LogP contribution in [-0.2, 0) is 7.05 Å². The first-order valence-electron chi connectivity index (χ1n) is 6.78. The lowest BCUT2D eigenvalue weighted by Crippen LogP contribution is -2.27. The minimum atomic E-state index is 0.244. The monoisotopic (exact) mass is 260 g/mol. The predicted octanol–water partition coefficient (Wildman–Crippen LogP) is 2.26. The van der Waals surface area contributed by atoms with Gasteiger partial charge in [0.25, 0.3) is 0 Å². The zero-order chi connectivity index (χ0) is 14.2. The molecule has 2 rings (SSSR count). The van der Waals surface area contributed by atoms with Crippen LogP contribution in [0.2, 0.25) is 0 Å². The van der Waals surface area contributed by atoms with Crippen molar-refractivity contribution in [3.05, 3.63) is 29.6 Å². The maximum atomic E-state index is 5.87. The van der Waals surface area contributed by atoms with Gasteiger partial charge in [0.05, 0.1) is 11.0 Å². The summed E-state index contributed by atoms with van der Waals surface area (Å²) < 4.78 is 2.18. The van der Waals surface area contributed by atoms with E-state index in [1.54, 1.807) is 0 Å². The summed E-state index contributed by atoms with van der Waals surface area (Å²) in [4.78, 5) is 6.90. The fraction of sp³-hybridized carbons (Fsp3) is 0.533. The first kappa shape index (κ1) is 14.0. The maximum absolute atomic E-state index is 5.87. The van der Waals surface area contributed by atoms with Crippen LogP contribution in [0.4, 0.5) is 0 Å². The highest BCUT2D eigenvalue weighted by Crippen LogP contribution is 2.25. The average Bonchev–Trinajstić information content (AvgIpc) is 2.67. The molecule has 0 aliphatic heterocycles. The molecule has 0 spiro atoms. The number of nitrogens with two attached hydrogens (primary N) is 1. The van der Waals surface area contributed by atoms with Gasteiger partial charge in [-0.05, 0) is 31.8 Å². The van der Waals surface area contributed by atoms with Crippen LogP contribution in [0.25, 0.3) is 11.0 Å². The molecule has 4 nitrogen and oxygen atoms in total. The number of hydrogen-bond donors (Lipinski definition) is 1. The maximum Gasteiger partial charge on any atom is 0.112 e. The smallest absolute Gasteiger partial charge is 0.112 e. The highest BCUT2D eigenvalue weighted by atomic mass is 15.1. The number of aromatic nitrogens is 2. The van der Waals surface area contributed by atoms with E-state index in [0.29, 0.717) is 12.5 Å². The molecule has 2 N–H and O–H groups in total. The fourth-order valence-electron chi connectivity index (χ4n) is 2.60. The molecule has 1 aromatic heterocycles. The number of rotatable bonds is 4. The van der Waals surface area contributed by atoms with E-state index in [4.69, 9.17) is 10.7 Å². The highest BCUT2D eigenvalue weighted by Gasteiger charge is 2.15. The van der Waals surface area contributed by atoms with Gasteiger partial charge in [-0.3, -0.25) is 0 Å². The predicted molar refractivity (Wildman–Crippen MR) is 80.3 cm³/mol. The summed E-state index contributed by atoms with van der Waals surface area (Å²) >= 11 is 0. The topological polar surface area (TPSA) is 47.1 Å². The molecule has 19 heavy (non-hydrogen) atoms. The van der Waals surface area contributed by atoms with Crippen molar-refractivity contribution in [1.82, 2.24) is 14.5 Å². The van der Waals surface area contributed by atoms with Crippen LogP contribution in [0.5, 0.6) is 0 Å². The number of nitrogens with zero attached hydrogens (tertiary/aromatic N) is 3. The van der Waals surface area contributed by atoms with Crippen molar-refractivity contribution < 1.29 is 0 Å². The van der Waals surface area contributed by atoms with Crippen molar-refractivity contribution in [2.45, 2.75) is 25.8 Å². The summed E-state index contributed by atoms with van der Waals surface area (Å²) in [6.07, 6.45) is 0. The van der Waals surface area contributed by atoms with Gasteiger partial charge in [-0.1, -0.05) is 19.9 Å². The minimum Gasteiger partial charge on any atom is -0.331 e. The van der Waals surface area contributed by atoms with E-state index in [0.717, 1.165) is 11.3 Å². The van der Waals surface area contributed by atoms with E-state index in [9.17, 15) is 0 Å². The molecule has 2 aromatic rings. The Bertz CT molecular complexity index is 569.